The van der Waals surface area contributed by atoms with Gasteiger partial charge in [0.15, 0.2) is 11.5 Å². The van der Waals surface area contributed by atoms with Crippen molar-refractivity contribution in [1.29, 1.82) is 0 Å². The Kier molecular flexibility index (Phi) is 2.21. The van der Waals surface area contributed by atoms with Crippen LogP contribution < -0.4 is 14.8 Å². The van der Waals surface area contributed by atoms with E-state index in [0.29, 0.717) is 12.7 Å². The van der Waals surface area contributed by atoms with Crippen molar-refractivity contribution in [3.05, 3.63) is 17.7 Å². The van der Waals surface area contributed by atoms with Gasteiger partial charge in [-0.2, -0.15) is 0 Å². The Bertz CT molecular complexity index is 489. The summed E-state index contributed by atoms with van der Waals surface area (Å²) in [5.41, 5.74) is 2.64. The lowest BCUT2D eigenvalue weighted by Gasteiger charge is -2.41. The summed E-state index contributed by atoms with van der Waals surface area (Å²) in [7, 11) is 2.21. The van der Waals surface area contributed by atoms with Crippen molar-refractivity contribution in [3.63, 3.8) is 0 Å². The highest BCUT2D eigenvalue weighted by atomic mass is 16.7. The Labute approximate surface area is 107 Å². The fourth-order valence-electron chi connectivity index (χ4n) is 3.42. The molecule has 3 aliphatic rings. The Morgan fingerprint density at radius 1 is 1.28 bits per heavy atom. The van der Waals surface area contributed by atoms with Crippen molar-refractivity contribution >= 4 is 5.69 Å². The molecule has 1 N–H and O–H groups in total. The number of nitrogens with one attached hydrogen (secondary N) is 1. The number of piperidine rings is 1. The number of likely N-dealkylation sites (N-methyl/N-ethyl adjacent to an activating group) is 1. The van der Waals surface area contributed by atoms with Crippen LogP contribution in [-0.4, -0.2) is 38.4 Å². The van der Waals surface area contributed by atoms with E-state index in [1.54, 1.807) is 0 Å². The van der Waals surface area contributed by atoms with E-state index in [9.17, 15) is 0 Å². The second kappa shape index (κ2) is 3.79. The first kappa shape index (κ1) is 10.5. The zero-order valence-corrected chi connectivity index (χ0v) is 10.6. The van der Waals surface area contributed by atoms with E-state index in [-0.39, 0.29) is 0 Å². The average Bonchev–Trinajstić information content (AvgIpc) is 2.83. The molecule has 4 nitrogen and oxygen atoms in total. The fraction of sp³-hybridized carbons (Fsp3) is 0.571. The fourth-order valence-corrected chi connectivity index (χ4v) is 3.42. The van der Waals surface area contributed by atoms with Crippen LogP contribution in [0.4, 0.5) is 5.69 Å². The number of anilines is 1. The van der Waals surface area contributed by atoms with Gasteiger partial charge >= 0.3 is 0 Å². The maximum Gasteiger partial charge on any atom is 0.231 e. The molecule has 0 spiro atoms. The molecular formula is C14H18N2O2. The third kappa shape index (κ3) is 1.48. The summed E-state index contributed by atoms with van der Waals surface area (Å²) in [6.45, 7) is 3.80. The minimum atomic E-state index is 0.353. The molecule has 1 aromatic rings. The van der Waals surface area contributed by atoms with Gasteiger partial charge in [0, 0.05) is 30.8 Å². The number of fused-ring (bicyclic) bond motifs is 4. The molecule has 0 aliphatic carbocycles. The first-order valence-electron chi connectivity index (χ1n) is 6.67. The van der Waals surface area contributed by atoms with Gasteiger partial charge in [0.1, 0.15) is 0 Å². The highest BCUT2D eigenvalue weighted by Crippen LogP contribution is 2.45. The van der Waals surface area contributed by atoms with Gasteiger partial charge in [-0.3, -0.25) is 0 Å². The van der Waals surface area contributed by atoms with E-state index in [1.807, 2.05) is 0 Å². The Hall–Kier alpha value is -1.42. The van der Waals surface area contributed by atoms with E-state index in [0.717, 1.165) is 30.5 Å². The number of rotatable bonds is 0. The monoisotopic (exact) mass is 246 g/mol. The van der Waals surface area contributed by atoms with Crippen LogP contribution in [-0.2, 0) is 0 Å². The normalized spacial score (nSPS) is 29.4. The van der Waals surface area contributed by atoms with Crippen LogP contribution in [0, 0.1) is 5.92 Å². The van der Waals surface area contributed by atoms with Gasteiger partial charge in [0.05, 0.1) is 0 Å². The SMILES string of the molecule is CN1CCC2CNc3cc4c(cc3C2C1)OCO4. The molecule has 3 heterocycles. The average molecular weight is 246 g/mol. The topological polar surface area (TPSA) is 33.7 Å². The highest BCUT2D eigenvalue weighted by Gasteiger charge is 2.35. The van der Waals surface area contributed by atoms with Gasteiger partial charge < -0.3 is 19.7 Å². The predicted molar refractivity (Wildman–Crippen MR) is 69.4 cm³/mol. The Balaban J connectivity index is 1.76. The molecule has 1 saturated heterocycles. The van der Waals surface area contributed by atoms with E-state index in [2.05, 4.69) is 29.4 Å². The van der Waals surface area contributed by atoms with Gasteiger partial charge in [-0.1, -0.05) is 0 Å². The smallest absolute Gasteiger partial charge is 0.231 e. The number of likely N-dealkylation sites (tertiary alicyclic amines) is 1. The van der Waals surface area contributed by atoms with Crippen LogP contribution in [0.3, 0.4) is 0 Å². The zero-order chi connectivity index (χ0) is 12.1. The minimum absolute atomic E-state index is 0.353. The lowest BCUT2D eigenvalue weighted by atomic mass is 9.77. The molecule has 18 heavy (non-hydrogen) atoms. The van der Waals surface area contributed by atoms with Gasteiger partial charge in [-0.25, -0.2) is 0 Å². The Morgan fingerprint density at radius 3 is 3.00 bits per heavy atom. The van der Waals surface area contributed by atoms with Gasteiger partial charge in [-0.15, -0.1) is 0 Å². The summed E-state index contributed by atoms with van der Waals surface area (Å²) in [4.78, 5) is 2.43. The molecule has 4 rings (SSSR count). The molecule has 96 valence electrons. The van der Waals surface area contributed by atoms with Gasteiger partial charge in [0.2, 0.25) is 6.79 Å². The molecule has 3 aliphatic heterocycles. The van der Waals surface area contributed by atoms with E-state index >= 15 is 0 Å². The second-order valence-electron chi connectivity index (χ2n) is 5.59. The summed E-state index contributed by atoms with van der Waals surface area (Å²) >= 11 is 0. The van der Waals surface area contributed by atoms with Crippen LogP contribution in [0.5, 0.6) is 11.5 Å². The van der Waals surface area contributed by atoms with Crippen molar-refractivity contribution in [2.45, 2.75) is 12.3 Å². The quantitative estimate of drug-likeness (QED) is 0.758. The van der Waals surface area contributed by atoms with Crippen LogP contribution in [0.1, 0.15) is 17.9 Å². The van der Waals surface area contributed by atoms with Crippen LogP contribution in [0.15, 0.2) is 12.1 Å². The summed E-state index contributed by atoms with van der Waals surface area (Å²) in [5, 5.41) is 3.55. The number of benzene rings is 1. The minimum Gasteiger partial charge on any atom is -0.454 e. The lowest BCUT2D eigenvalue weighted by molar-refractivity contribution is 0.173. The van der Waals surface area contributed by atoms with Gasteiger partial charge in [-0.05, 0) is 37.6 Å². The van der Waals surface area contributed by atoms with Crippen molar-refractivity contribution < 1.29 is 9.47 Å². The van der Waals surface area contributed by atoms with E-state index in [4.69, 9.17) is 9.47 Å². The molecule has 2 unspecified atom stereocenters. The van der Waals surface area contributed by atoms with Crippen molar-refractivity contribution in [2.24, 2.45) is 5.92 Å². The molecule has 1 fully saturated rings. The molecule has 4 heteroatoms. The van der Waals surface area contributed by atoms with Crippen LogP contribution in [0.2, 0.25) is 0 Å². The summed E-state index contributed by atoms with van der Waals surface area (Å²) < 4.78 is 11.0. The molecular weight excluding hydrogens is 228 g/mol. The maximum absolute atomic E-state index is 5.51. The zero-order valence-electron chi connectivity index (χ0n) is 10.6. The maximum atomic E-state index is 5.51. The second-order valence-corrected chi connectivity index (χ2v) is 5.59. The van der Waals surface area contributed by atoms with Gasteiger partial charge in [0.25, 0.3) is 0 Å². The number of nitrogens with zero attached hydrogens (tertiary/aromatic N) is 1. The molecule has 0 saturated carbocycles. The molecule has 0 aromatic heterocycles. The third-order valence-corrected chi connectivity index (χ3v) is 4.46. The van der Waals surface area contributed by atoms with E-state index < -0.39 is 0 Å². The molecule has 1 aromatic carbocycles. The Morgan fingerprint density at radius 2 is 2.11 bits per heavy atom. The van der Waals surface area contributed by atoms with Crippen LogP contribution in [0.25, 0.3) is 0 Å². The highest BCUT2D eigenvalue weighted by molar-refractivity contribution is 5.64. The number of hydrogen-bond acceptors (Lipinski definition) is 4. The summed E-state index contributed by atoms with van der Waals surface area (Å²) in [6, 6.07) is 4.28. The summed E-state index contributed by atoms with van der Waals surface area (Å²) in [5.74, 6) is 3.18. The largest absolute Gasteiger partial charge is 0.454 e. The van der Waals surface area contributed by atoms with Crippen molar-refractivity contribution in [2.75, 3.05) is 38.8 Å². The molecule has 0 amide bonds. The van der Waals surface area contributed by atoms with Crippen molar-refractivity contribution in [1.82, 2.24) is 4.90 Å². The number of hydrogen-bond donors (Lipinski definition) is 1. The first-order chi connectivity index (χ1) is 8.81. The number of ether oxygens (including phenoxy) is 2. The first-order valence-corrected chi connectivity index (χ1v) is 6.67. The summed E-state index contributed by atoms with van der Waals surface area (Å²) in [6.07, 6.45) is 1.28. The van der Waals surface area contributed by atoms with Crippen molar-refractivity contribution in [3.8, 4) is 11.5 Å². The predicted octanol–water partition coefficient (Wildman–Crippen LogP) is 1.88. The molecule has 2 atom stereocenters. The standard InChI is InChI=1S/C14H18N2O2/c1-16-3-2-9-6-15-12-5-14-13(17-8-18-14)4-10(12)11(9)7-16/h4-5,9,11,15H,2-3,6-8H2,1H3. The van der Waals surface area contributed by atoms with Crippen LogP contribution >= 0.6 is 0 Å². The lowest BCUT2D eigenvalue weighted by Crippen LogP contribution is -2.41. The molecule has 0 radical (unpaired) electrons. The molecule has 0 bridgehead atoms. The van der Waals surface area contributed by atoms with E-state index in [1.165, 1.54) is 24.2 Å². The third-order valence-electron chi connectivity index (χ3n) is 4.46.